The lowest BCUT2D eigenvalue weighted by atomic mass is 10.0. The minimum Gasteiger partial charge on any atom is -0.385 e. The first-order valence-corrected chi connectivity index (χ1v) is 6.30. The maximum absolute atomic E-state index is 5.19. The van der Waals surface area contributed by atoms with E-state index in [0.29, 0.717) is 6.61 Å². The highest BCUT2D eigenvalue weighted by Crippen LogP contribution is 2.29. The van der Waals surface area contributed by atoms with E-state index in [1.54, 1.807) is 7.11 Å². The zero-order valence-electron chi connectivity index (χ0n) is 11.5. The molecule has 1 aromatic carbocycles. The molecule has 0 aliphatic rings. The number of nitrogens with zero attached hydrogens (tertiary/aromatic N) is 1. The summed E-state index contributed by atoms with van der Waals surface area (Å²) in [6, 6.07) is 6.36. The minimum absolute atomic E-state index is 0.543. The molecule has 0 amide bonds. The van der Waals surface area contributed by atoms with Crippen LogP contribution in [0.2, 0.25) is 0 Å². The van der Waals surface area contributed by atoms with Crippen molar-refractivity contribution in [2.75, 3.05) is 19.0 Å². The molecule has 1 aromatic heterocycles. The van der Waals surface area contributed by atoms with Gasteiger partial charge in [-0.2, -0.15) is 0 Å². The lowest BCUT2D eigenvalue weighted by Crippen LogP contribution is -2.03. The van der Waals surface area contributed by atoms with E-state index in [2.05, 4.69) is 44.3 Å². The molecular formula is C15H20N2O. The number of anilines is 1. The first-order chi connectivity index (χ1) is 8.67. The molecule has 3 heteroatoms. The fraction of sp³-hybridized carbons (Fsp3) is 0.400. The number of fused-ring (bicyclic) bond motifs is 1. The van der Waals surface area contributed by atoms with Gasteiger partial charge in [-0.3, -0.25) is 0 Å². The average molecular weight is 244 g/mol. The van der Waals surface area contributed by atoms with Crippen molar-refractivity contribution < 1.29 is 4.74 Å². The third kappa shape index (κ3) is 2.31. The van der Waals surface area contributed by atoms with Gasteiger partial charge in [0.2, 0.25) is 0 Å². The van der Waals surface area contributed by atoms with Crippen LogP contribution in [-0.4, -0.2) is 18.6 Å². The number of rotatable bonds is 4. The van der Waals surface area contributed by atoms with Crippen LogP contribution in [0.5, 0.6) is 0 Å². The van der Waals surface area contributed by atoms with Gasteiger partial charge in [-0.05, 0) is 38.0 Å². The van der Waals surface area contributed by atoms with E-state index in [1.807, 2.05) is 0 Å². The van der Waals surface area contributed by atoms with Crippen LogP contribution in [0, 0.1) is 13.8 Å². The Hall–Kier alpha value is -1.61. The highest BCUT2D eigenvalue weighted by atomic mass is 16.5. The van der Waals surface area contributed by atoms with Gasteiger partial charge in [0.05, 0.1) is 17.8 Å². The monoisotopic (exact) mass is 244 g/mol. The van der Waals surface area contributed by atoms with Gasteiger partial charge in [0.25, 0.3) is 0 Å². The molecule has 2 aromatic rings. The fourth-order valence-corrected chi connectivity index (χ4v) is 2.25. The van der Waals surface area contributed by atoms with Gasteiger partial charge in [0, 0.05) is 24.7 Å². The van der Waals surface area contributed by atoms with Crippen LogP contribution in [0.1, 0.15) is 23.7 Å². The normalized spacial score (nSPS) is 10.9. The van der Waals surface area contributed by atoms with Crippen molar-refractivity contribution in [3.05, 3.63) is 35.0 Å². The molecule has 2 rings (SSSR count). The molecule has 0 aliphatic carbocycles. The second-order valence-corrected chi connectivity index (χ2v) is 4.55. The third-order valence-electron chi connectivity index (χ3n) is 3.08. The van der Waals surface area contributed by atoms with E-state index in [4.69, 9.17) is 9.72 Å². The zero-order chi connectivity index (χ0) is 13.1. The summed E-state index contributed by atoms with van der Waals surface area (Å²) < 4.78 is 5.19. The number of hydrogen-bond acceptors (Lipinski definition) is 3. The van der Waals surface area contributed by atoms with Gasteiger partial charge in [-0.25, -0.2) is 4.98 Å². The van der Waals surface area contributed by atoms with Crippen LogP contribution in [0.15, 0.2) is 18.2 Å². The topological polar surface area (TPSA) is 34.1 Å². The van der Waals surface area contributed by atoms with Crippen molar-refractivity contribution in [3.8, 4) is 0 Å². The van der Waals surface area contributed by atoms with Crippen molar-refractivity contribution in [1.82, 2.24) is 4.98 Å². The van der Waals surface area contributed by atoms with Crippen molar-refractivity contribution in [3.63, 3.8) is 0 Å². The van der Waals surface area contributed by atoms with Crippen LogP contribution < -0.4 is 5.32 Å². The van der Waals surface area contributed by atoms with E-state index in [-0.39, 0.29) is 0 Å². The molecule has 1 N–H and O–H groups in total. The predicted octanol–water partition coefficient (Wildman–Crippen LogP) is 3.43. The smallest absolute Gasteiger partial charge is 0.0885 e. The molecule has 0 radical (unpaired) electrons. The summed E-state index contributed by atoms with van der Waals surface area (Å²) >= 11 is 0. The molecule has 0 aliphatic heterocycles. The maximum Gasteiger partial charge on any atom is 0.0885 e. The number of nitrogens with one attached hydrogen (secondary N) is 1. The van der Waals surface area contributed by atoms with Crippen molar-refractivity contribution in [2.24, 2.45) is 0 Å². The molecule has 0 atom stereocenters. The number of ether oxygens (including phenoxy) is 1. The Kier molecular flexibility index (Phi) is 3.82. The minimum atomic E-state index is 0.543. The van der Waals surface area contributed by atoms with Crippen molar-refractivity contribution in [2.45, 2.75) is 27.4 Å². The van der Waals surface area contributed by atoms with E-state index in [9.17, 15) is 0 Å². The highest BCUT2D eigenvalue weighted by Gasteiger charge is 2.09. The zero-order valence-corrected chi connectivity index (χ0v) is 11.5. The first kappa shape index (κ1) is 12.8. The molecule has 18 heavy (non-hydrogen) atoms. The Bertz CT molecular complexity index is 564. The van der Waals surface area contributed by atoms with Gasteiger partial charge >= 0.3 is 0 Å². The van der Waals surface area contributed by atoms with E-state index in [1.165, 1.54) is 16.5 Å². The lowest BCUT2D eigenvalue weighted by molar-refractivity contribution is 0.182. The molecule has 0 bridgehead atoms. The molecule has 1 heterocycles. The number of aryl methyl sites for hydroxylation is 2. The average Bonchev–Trinajstić information content (AvgIpc) is 2.34. The summed E-state index contributed by atoms with van der Waals surface area (Å²) in [5.41, 5.74) is 5.64. The van der Waals surface area contributed by atoms with Crippen LogP contribution in [0.25, 0.3) is 10.9 Å². The Morgan fingerprint density at radius 1 is 1.22 bits per heavy atom. The standard InChI is InChI=1S/C15H20N2O/c1-5-16-13-8-12(9-18-4)17-15-11(3)7-6-10(2)14(13)15/h6-8H,5,9H2,1-4H3,(H,16,17). The van der Waals surface area contributed by atoms with E-state index < -0.39 is 0 Å². The Morgan fingerprint density at radius 3 is 2.61 bits per heavy atom. The molecular weight excluding hydrogens is 224 g/mol. The van der Waals surface area contributed by atoms with Crippen LogP contribution in [-0.2, 0) is 11.3 Å². The molecule has 3 nitrogen and oxygen atoms in total. The fourth-order valence-electron chi connectivity index (χ4n) is 2.25. The van der Waals surface area contributed by atoms with Gasteiger partial charge < -0.3 is 10.1 Å². The first-order valence-electron chi connectivity index (χ1n) is 6.30. The van der Waals surface area contributed by atoms with Gasteiger partial charge in [-0.1, -0.05) is 12.1 Å². The third-order valence-corrected chi connectivity index (χ3v) is 3.08. The molecule has 0 saturated heterocycles. The molecule has 0 saturated carbocycles. The second-order valence-electron chi connectivity index (χ2n) is 4.55. The lowest BCUT2D eigenvalue weighted by Gasteiger charge is -2.14. The number of benzene rings is 1. The summed E-state index contributed by atoms with van der Waals surface area (Å²) in [5, 5.41) is 4.64. The summed E-state index contributed by atoms with van der Waals surface area (Å²) in [5.74, 6) is 0. The van der Waals surface area contributed by atoms with Gasteiger partial charge in [0.1, 0.15) is 0 Å². The predicted molar refractivity (Wildman–Crippen MR) is 76.1 cm³/mol. The number of aromatic nitrogens is 1. The van der Waals surface area contributed by atoms with Crippen molar-refractivity contribution in [1.29, 1.82) is 0 Å². The molecule has 0 fully saturated rings. The van der Waals surface area contributed by atoms with Gasteiger partial charge in [-0.15, -0.1) is 0 Å². The van der Waals surface area contributed by atoms with Crippen LogP contribution in [0.4, 0.5) is 5.69 Å². The second kappa shape index (κ2) is 5.36. The van der Waals surface area contributed by atoms with E-state index in [0.717, 1.165) is 23.4 Å². The SMILES string of the molecule is CCNc1cc(COC)nc2c(C)ccc(C)c12. The quantitative estimate of drug-likeness (QED) is 0.894. The summed E-state index contributed by atoms with van der Waals surface area (Å²) in [7, 11) is 1.70. The number of hydrogen-bond donors (Lipinski definition) is 1. The van der Waals surface area contributed by atoms with Gasteiger partial charge in [0.15, 0.2) is 0 Å². The number of methoxy groups -OCH3 is 1. The van der Waals surface area contributed by atoms with Crippen LogP contribution >= 0.6 is 0 Å². The molecule has 0 unspecified atom stereocenters. The summed E-state index contributed by atoms with van der Waals surface area (Å²) in [6.07, 6.45) is 0. The Balaban J connectivity index is 2.72. The largest absolute Gasteiger partial charge is 0.385 e. The maximum atomic E-state index is 5.19. The highest BCUT2D eigenvalue weighted by molar-refractivity contribution is 5.96. The van der Waals surface area contributed by atoms with Crippen LogP contribution in [0.3, 0.4) is 0 Å². The van der Waals surface area contributed by atoms with Crippen molar-refractivity contribution >= 4 is 16.6 Å². The Morgan fingerprint density at radius 2 is 1.94 bits per heavy atom. The molecule has 96 valence electrons. The number of pyridine rings is 1. The van der Waals surface area contributed by atoms with E-state index >= 15 is 0 Å². The Labute approximate surface area is 108 Å². The summed E-state index contributed by atoms with van der Waals surface area (Å²) in [6.45, 7) is 7.77. The molecule has 0 spiro atoms. The summed E-state index contributed by atoms with van der Waals surface area (Å²) in [4.78, 5) is 4.70.